The second-order valence-corrected chi connectivity index (χ2v) is 18.6. The van der Waals surface area contributed by atoms with Crippen molar-refractivity contribution in [3.8, 4) is 0 Å². The fourth-order valence-corrected chi connectivity index (χ4v) is 8.40. The largest absolute Gasteiger partial charge is 0.397 e. The van der Waals surface area contributed by atoms with Gasteiger partial charge in [0.1, 0.15) is 30.5 Å². The lowest BCUT2D eigenvalue weighted by molar-refractivity contribution is -0.298. The Labute approximate surface area is 376 Å². The molecule has 0 radical (unpaired) electrons. The van der Waals surface area contributed by atoms with Gasteiger partial charge in [-0.15, -0.1) is 0 Å². The molecule has 1 aliphatic heterocycles. The number of ether oxygens (including phenoxy) is 2. The number of aliphatic hydroxyl groups excluding tert-OH is 5. The molecule has 13 nitrogen and oxygen atoms in total. The average Bonchev–Trinajstić information content (AvgIpc) is 3.24. The van der Waals surface area contributed by atoms with Gasteiger partial charge in [-0.2, -0.15) is 8.42 Å². The number of hydrogen-bond donors (Lipinski definition) is 7. The predicted molar refractivity (Wildman–Crippen MR) is 247 cm³/mol. The van der Waals surface area contributed by atoms with Gasteiger partial charge in [0.2, 0.25) is 5.91 Å². The van der Waals surface area contributed by atoms with Crippen molar-refractivity contribution in [2.24, 2.45) is 0 Å². The number of carbonyl (C=O) groups excluding carboxylic acids is 1. The number of allylic oxidation sites excluding steroid dienone is 3. The van der Waals surface area contributed by atoms with E-state index >= 15 is 0 Å². The van der Waals surface area contributed by atoms with E-state index in [0.29, 0.717) is 12.8 Å². The van der Waals surface area contributed by atoms with Crippen LogP contribution in [-0.2, 0) is 28.9 Å². The van der Waals surface area contributed by atoms with E-state index in [1.54, 1.807) is 6.08 Å². The number of aliphatic hydroxyl groups is 5. The summed E-state index contributed by atoms with van der Waals surface area (Å²) in [5.74, 6) is -0.710. The summed E-state index contributed by atoms with van der Waals surface area (Å²) in [6.45, 7) is 3.22. The smallest absolute Gasteiger partial charge is 0.394 e. The summed E-state index contributed by atoms with van der Waals surface area (Å²) in [7, 11) is -5.12. The highest BCUT2D eigenvalue weighted by Gasteiger charge is 2.48. The van der Waals surface area contributed by atoms with Gasteiger partial charge in [0, 0.05) is 0 Å². The molecule has 1 rings (SSSR count). The molecule has 8 unspecified atom stereocenters. The topological polar surface area (TPSA) is 212 Å². The van der Waals surface area contributed by atoms with E-state index in [-0.39, 0.29) is 6.42 Å². The molecule has 1 saturated heterocycles. The van der Waals surface area contributed by atoms with Crippen molar-refractivity contribution in [2.75, 3.05) is 13.2 Å². The van der Waals surface area contributed by atoms with Crippen LogP contribution in [0.4, 0.5) is 0 Å². The first kappa shape index (κ1) is 58.6. The summed E-state index contributed by atoms with van der Waals surface area (Å²) in [5, 5.41) is 55.3. The molecule has 0 bridgehead atoms. The molecule has 0 aromatic rings. The molecule has 0 aliphatic carbocycles. The van der Waals surface area contributed by atoms with Gasteiger partial charge in [0.05, 0.1) is 25.4 Å². The Kier molecular flexibility index (Phi) is 36.6. The molecule has 8 atom stereocenters. The predicted octanol–water partition coefficient (Wildman–Crippen LogP) is 9.08. The van der Waals surface area contributed by atoms with E-state index < -0.39 is 78.5 Å². The monoisotopic (exact) mass is 906 g/mol. The van der Waals surface area contributed by atoms with Crippen LogP contribution in [0, 0.1) is 0 Å². The molecule has 14 heteroatoms. The van der Waals surface area contributed by atoms with Gasteiger partial charge in [-0.05, 0) is 32.1 Å². The molecule has 1 aliphatic rings. The van der Waals surface area contributed by atoms with E-state index in [4.69, 9.17) is 9.47 Å². The maximum absolute atomic E-state index is 13.1. The van der Waals surface area contributed by atoms with E-state index in [9.17, 15) is 43.3 Å². The summed E-state index contributed by atoms with van der Waals surface area (Å²) in [5.41, 5.74) is 0. The van der Waals surface area contributed by atoms with Gasteiger partial charge in [0.25, 0.3) is 0 Å². The fourth-order valence-electron chi connectivity index (χ4n) is 7.89. The molecule has 366 valence electrons. The zero-order valence-corrected chi connectivity index (χ0v) is 39.6. The summed E-state index contributed by atoms with van der Waals surface area (Å²) < 4.78 is 47.6. The Morgan fingerprint density at radius 1 is 0.645 bits per heavy atom. The lowest BCUT2D eigenvalue weighted by atomic mass is 9.99. The van der Waals surface area contributed by atoms with Gasteiger partial charge >= 0.3 is 10.4 Å². The van der Waals surface area contributed by atoms with Crippen molar-refractivity contribution in [1.29, 1.82) is 0 Å². The first-order chi connectivity index (χ1) is 29.9. The Balaban J connectivity index is 2.57. The summed E-state index contributed by atoms with van der Waals surface area (Å²) in [6, 6.07) is -1.13. The number of rotatable bonds is 42. The molecular formula is C48H91NO12S. The molecule has 0 aromatic heterocycles. The third-order valence-corrected chi connectivity index (χ3v) is 12.3. The van der Waals surface area contributed by atoms with Crippen molar-refractivity contribution >= 4 is 16.3 Å². The molecule has 7 N–H and O–H groups in total. The van der Waals surface area contributed by atoms with Crippen molar-refractivity contribution < 1.29 is 57.0 Å². The molecule has 1 amide bonds. The van der Waals surface area contributed by atoms with E-state index in [1.165, 1.54) is 147 Å². The van der Waals surface area contributed by atoms with Gasteiger partial charge in [-0.1, -0.05) is 205 Å². The second kappa shape index (κ2) is 38.8. The third-order valence-electron chi connectivity index (χ3n) is 11.8. The minimum atomic E-state index is -5.12. The zero-order chi connectivity index (χ0) is 45.7. The van der Waals surface area contributed by atoms with Crippen molar-refractivity contribution in [1.82, 2.24) is 5.32 Å². The molecular weight excluding hydrogens is 815 g/mol. The van der Waals surface area contributed by atoms with Crippen LogP contribution in [0.1, 0.15) is 213 Å². The van der Waals surface area contributed by atoms with Crippen LogP contribution >= 0.6 is 0 Å². The highest BCUT2D eigenvalue weighted by Crippen LogP contribution is 2.26. The highest BCUT2D eigenvalue weighted by molar-refractivity contribution is 7.80. The first-order valence-corrected chi connectivity index (χ1v) is 26.2. The van der Waals surface area contributed by atoms with Gasteiger partial charge in [-0.3, -0.25) is 9.35 Å². The number of unbranched alkanes of at least 4 members (excludes halogenated alkanes) is 27. The van der Waals surface area contributed by atoms with Crippen LogP contribution in [0.2, 0.25) is 0 Å². The fraction of sp³-hybridized carbons (Fsp3) is 0.896. The van der Waals surface area contributed by atoms with E-state index in [0.717, 1.165) is 38.5 Å². The highest BCUT2D eigenvalue weighted by atomic mass is 32.3. The molecule has 62 heavy (non-hydrogen) atoms. The Morgan fingerprint density at radius 3 is 1.55 bits per heavy atom. The molecule has 1 heterocycles. The molecule has 0 saturated carbocycles. The van der Waals surface area contributed by atoms with Crippen LogP contribution in [-0.4, -0.2) is 107 Å². The molecule has 0 aromatic carbocycles. The minimum Gasteiger partial charge on any atom is -0.394 e. The van der Waals surface area contributed by atoms with Crippen molar-refractivity contribution in [3.63, 3.8) is 0 Å². The first-order valence-electron chi connectivity index (χ1n) is 24.8. The average molecular weight is 906 g/mol. The normalized spacial score (nSPS) is 21.2. The lowest BCUT2D eigenvalue weighted by Gasteiger charge is -2.41. The van der Waals surface area contributed by atoms with Crippen LogP contribution in [0.25, 0.3) is 0 Å². The molecule has 1 fully saturated rings. The van der Waals surface area contributed by atoms with E-state index in [2.05, 4.69) is 35.5 Å². The standard InChI is InChI=1S/C48H91NO12S/c1-3-5-7-9-11-13-15-17-19-21-23-24-26-28-30-32-34-36-41(51)40(39-59-48-45(54)46(61-62(56,57)58)44(53)43(38-50)60-48)49-47(55)42(52)37-35-33-31-29-27-25-22-20-18-16-14-12-10-8-6-4-2/h26,28,34,36,40-46,48,50-54H,3-25,27,29-33,35,37-39H2,1-2H3,(H,49,55)(H,56,57,58)/b28-26+,36-34+. The lowest BCUT2D eigenvalue weighted by Crippen LogP contribution is -2.61. The van der Waals surface area contributed by atoms with E-state index in [1.807, 2.05) is 0 Å². The summed E-state index contributed by atoms with van der Waals surface area (Å²) in [4.78, 5) is 13.1. The Morgan fingerprint density at radius 2 is 1.08 bits per heavy atom. The van der Waals surface area contributed by atoms with Crippen LogP contribution < -0.4 is 5.32 Å². The van der Waals surface area contributed by atoms with Crippen LogP contribution in [0.3, 0.4) is 0 Å². The minimum absolute atomic E-state index is 0.241. The zero-order valence-electron chi connectivity index (χ0n) is 38.8. The number of nitrogens with one attached hydrogen (secondary N) is 1. The third kappa shape index (κ3) is 30.6. The maximum atomic E-state index is 13.1. The SMILES string of the molecule is CCCCCCCCCCCCC/C=C/CC/C=C/C(O)C(COC1OC(CO)C(O)C(OS(=O)(=O)O)C1O)NC(=O)C(O)CCCCCCCCCCCCCCCCCC. The Bertz CT molecular complexity index is 1220. The number of amides is 1. The van der Waals surface area contributed by atoms with Crippen LogP contribution in [0.5, 0.6) is 0 Å². The van der Waals surface area contributed by atoms with Gasteiger partial charge in [-0.25, -0.2) is 4.18 Å². The number of carbonyl (C=O) groups is 1. The quantitative estimate of drug-likeness (QED) is 0.0174. The summed E-state index contributed by atoms with van der Waals surface area (Å²) in [6.07, 6.45) is 32.6. The Hall–Kier alpha value is -1.46. The number of hydrogen-bond acceptors (Lipinski definition) is 11. The van der Waals surface area contributed by atoms with Gasteiger partial charge in [0.15, 0.2) is 6.29 Å². The van der Waals surface area contributed by atoms with Crippen LogP contribution in [0.15, 0.2) is 24.3 Å². The maximum Gasteiger partial charge on any atom is 0.397 e. The molecule has 0 spiro atoms. The van der Waals surface area contributed by atoms with Gasteiger partial charge < -0.3 is 40.3 Å². The van der Waals surface area contributed by atoms with Crippen molar-refractivity contribution in [2.45, 2.75) is 262 Å². The second-order valence-electron chi connectivity index (χ2n) is 17.5. The summed E-state index contributed by atoms with van der Waals surface area (Å²) >= 11 is 0. The van der Waals surface area contributed by atoms with Crippen molar-refractivity contribution in [3.05, 3.63) is 24.3 Å².